The zero-order valence-corrected chi connectivity index (χ0v) is 8.32. The van der Waals surface area contributed by atoms with E-state index in [0.29, 0.717) is 11.6 Å². The lowest BCUT2D eigenvalue weighted by Gasteiger charge is -1.98. The summed E-state index contributed by atoms with van der Waals surface area (Å²) in [7, 11) is 0. The minimum Gasteiger partial charge on any atom is -0.466 e. The van der Waals surface area contributed by atoms with Crippen molar-refractivity contribution < 1.29 is 9.53 Å². The van der Waals surface area contributed by atoms with Gasteiger partial charge in [-0.25, -0.2) is 0 Å². The highest BCUT2D eigenvalue weighted by Gasteiger charge is 2.11. The van der Waals surface area contributed by atoms with Crippen LogP contribution in [0.25, 0.3) is 4.96 Å². The number of esters is 1. The van der Waals surface area contributed by atoms with Crippen molar-refractivity contribution in [2.75, 3.05) is 6.61 Å². The summed E-state index contributed by atoms with van der Waals surface area (Å²) >= 11 is 1.40. The maximum absolute atomic E-state index is 11.2. The van der Waals surface area contributed by atoms with E-state index in [-0.39, 0.29) is 12.4 Å². The Morgan fingerprint density at radius 3 is 3.36 bits per heavy atom. The molecule has 0 spiro atoms. The molecule has 0 atom stereocenters. The van der Waals surface area contributed by atoms with E-state index < -0.39 is 0 Å². The van der Waals surface area contributed by atoms with Crippen LogP contribution >= 0.6 is 11.3 Å². The lowest BCUT2D eigenvalue weighted by atomic mass is 10.3. The van der Waals surface area contributed by atoms with Crippen molar-refractivity contribution in [2.24, 2.45) is 0 Å². The molecular weight excluding hydrogens is 204 g/mol. The molecule has 0 saturated heterocycles. The predicted molar refractivity (Wildman–Crippen MR) is 49.0 cm³/mol. The second-order valence-corrected chi connectivity index (χ2v) is 3.42. The Kier molecular flexibility index (Phi) is 2.40. The number of thiazole rings is 1. The number of nitrogens with zero attached hydrogens (tertiary/aromatic N) is 4. The number of rotatable bonds is 3. The number of tetrazole rings is 1. The first-order valence-electron chi connectivity index (χ1n) is 4.11. The Morgan fingerprint density at radius 2 is 2.57 bits per heavy atom. The van der Waals surface area contributed by atoms with Crippen molar-refractivity contribution in [3.63, 3.8) is 0 Å². The van der Waals surface area contributed by atoms with Gasteiger partial charge in [-0.05, 0) is 17.4 Å². The number of fused-ring (bicyclic) bond motifs is 1. The van der Waals surface area contributed by atoms with Gasteiger partial charge in [0.2, 0.25) is 4.96 Å². The molecular formula is C7H8N4O2S. The molecule has 0 aliphatic rings. The van der Waals surface area contributed by atoms with Crippen LogP contribution in [0.2, 0.25) is 0 Å². The van der Waals surface area contributed by atoms with Gasteiger partial charge in [0.05, 0.1) is 18.7 Å². The molecule has 0 fully saturated rings. The monoisotopic (exact) mass is 212 g/mol. The van der Waals surface area contributed by atoms with E-state index in [1.807, 2.05) is 5.38 Å². The lowest BCUT2D eigenvalue weighted by molar-refractivity contribution is -0.142. The summed E-state index contributed by atoms with van der Waals surface area (Å²) in [6, 6.07) is 0. The van der Waals surface area contributed by atoms with Gasteiger partial charge >= 0.3 is 5.97 Å². The zero-order valence-electron chi connectivity index (χ0n) is 7.51. The van der Waals surface area contributed by atoms with Gasteiger partial charge in [-0.1, -0.05) is 5.10 Å². The van der Waals surface area contributed by atoms with Crippen molar-refractivity contribution in [3.05, 3.63) is 11.1 Å². The molecule has 0 amide bonds. The minimum atomic E-state index is -0.261. The largest absolute Gasteiger partial charge is 0.466 e. The first kappa shape index (κ1) is 9.07. The van der Waals surface area contributed by atoms with Crippen molar-refractivity contribution in [1.82, 2.24) is 20.0 Å². The molecule has 74 valence electrons. The Labute approximate surface area is 83.5 Å². The van der Waals surface area contributed by atoms with E-state index in [1.165, 1.54) is 11.3 Å². The highest BCUT2D eigenvalue weighted by molar-refractivity contribution is 7.15. The predicted octanol–water partition coefficient (Wildman–Crippen LogP) is 0.291. The number of hydrogen-bond donors (Lipinski definition) is 0. The summed E-state index contributed by atoms with van der Waals surface area (Å²) in [5.41, 5.74) is 0.758. The standard InChI is InChI=1S/C7H8N4O2S/c1-2-13-6(12)3-5-4-14-7-8-9-10-11(5)7/h4H,2-3H2,1H3. The summed E-state index contributed by atoms with van der Waals surface area (Å²) in [6.45, 7) is 2.17. The van der Waals surface area contributed by atoms with Crippen molar-refractivity contribution in [2.45, 2.75) is 13.3 Å². The average molecular weight is 212 g/mol. The van der Waals surface area contributed by atoms with Gasteiger partial charge in [0, 0.05) is 5.38 Å². The van der Waals surface area contributed by atoms with Crippen LogP contribution in [-0.4, -0.2) is 32.6 Å². The maximum atomic E-state index is 11.2. The summed E-state index contributed by atoms with van der Waals surface area (Å²) < 4.78 is 6.37. The molecule has 0 aliphatic heterocycles. The Bertz CT molecular complexity index is 449. The molecule has 0 unspecified atom stereocenters. The third-order valence-electron chi connectivity index (χ3n) is 1.64. The first-order valence-corrected chi connectivity index (χ1v) is 4.99. The van der Waals surface area contributed by atoms with Gasteiger partial charge in [-0.3, -0.25) is 4.79 Å². The van der Waals surface area contributed by atoms with Crippen molar-refractivity contribution >= 4 is 22.3 Å². The SMILES string of the molecule is CCOC(=O)Cc1csc2nnnn12. The van der Waals surface area contributed by atoms with Crippen LogP contribution < -0.4 is 0 Å². The lowest BCUT2D eigenvalue weighted by Crippen LogP contribution is -2.09. The van der Waals surface area contributed by atoms with Crippen LogP contribution in [-0.2, 0) is 16.0 Å². The summed E-state index contributed by atoms with van der Waals surface area (Å²) in [6.07, 6.45) is 0.207. The van der Waals surface area contributed by atoms with Gasteiger partial charge in [-0.15, -0.1) is 11.3 Å². The molecule has 0 aromatic carbocycles. The van der Waals surface area contributed by atoms with E-state index in [2.05, 4.69) is 15.5 Å². The molecule has 14 heavy (non-hydrogen) atoms. The third kappa shape index (κ3) is 1.58. The Hall–Kier alpha value is -1.50. The van der Waals surface area contributed by atoms with E-state index in [1.54, 1.807) is 11.4 Å². The number of hydrogen-bond acceptors (Lipinski definition) is 6. The average Bonchev–Trinajstić information content (AvgIpc) is 2.70. The van der Waals surface area contributed by atoms with Crippen LogP contribution in [0.5, 0.6) is 0 Å². The van der Waals surface area contributed by atoms with Crippen molar-refractivity contribution in [1.29, 1.82) is 0 Å². The topological polar surface area (TPSA) is 69.4 Å². The quantitative estimate of drug-likeness (QED) is 0.684. The second kappa shape index (κ2) is 3.70. The smallest absolute Gasteiger partial charge is 0.311 e. The Morgan fingerprint density at radius 1 is 1.71 bits per heavy atom. The summed E-state index contributed by atoms with van der Waals surface area (Å²) in [5, 5.41) is 12.8. The summed E-state index contributed by atoms with van der Waals surface area (Å²) in [4.78, 5) is 11.9. The number of carbonyl (C=O) groups excluding carboxylic acids is 1. The second-order valence-electron chi connectivity index (χ2n) is 2.58. The van der Waals surface area contributed by atoms with Crippen LogP contribution in [0, 0.1) is 0 Å². The molecule has 0 bridgehead atoms. The van der Waals surface area contributed by atoms with Gasteiger partial charge in [0.25, 0.3) is 0 Å². The van der Waals surface area contributed by atoms with Gasteiger partial charge in [-0.2, -0.15) is 4.52 Å². The van der Waals surface area contributed by atoms with E-state index in [4.69, 9.17) is 4.74 Å². The van der Waals surface area contributed by atoms with Gasteiger partial charge in [0.15, 0.2) is 0 Å². The highest BCUT2D eigenvalue weighted by atomic mass is 32.1. The number of aromatic nitrogens is 4. The summed E-state index contributed by atoms with van der Waals surface area (Å²) in [5.74, 6) is -0.261. The fourth-order valence-electron chi connectivity index (χ4n) is 1.08. The normalized spacial score (nSPS) is 10.6. The molecule has 2 aromatic rings. The van der Waals surface area contributed by atoms with E-state index in [9.17, 15) is 4.79 Å². The minimum absolute atomic E-state index is 0.207. The molecule has 7 heteroatoms. The molecule has 6 nitrogen and oxygen atoms in total. The van der Waals surface area contributed by atoms with Crippen LogP contribution in [0.4, 0.5) is 0 Å². The molecule has 0 N–H and O–H groups in total. The van der Waals surface area contributed by atoms with E-state index >= 15 is 0 Å². The van der Waals surface area contributed by atoms with Crippen LogP contribution in [0.15, 0.2) is 5.38 Å². The van der Waals surface area contributed by atoms with Gasteiger partial charge in [0.1, 0.15) is 0 Å². The molecule has 0 aliphatic carbocycles. The van der Waals surface area contributed by atoms with Gasteiger partial charge < -0.3 is 4.74 Å². The Balaban J connectivity index is 2.18. The fourth-order valence-corrected chi connectivity index (χ4v) is 1.84. The van der Waals surface area contributed by atoms with E-state index in [0.717, 1.165) is 5.69 Å². The first-order chi connectivity index (χ1) is 6.81. The molecule has 2 heterocycles. The number of carbonyl (C=O) groups is 1. The highest BCUT2D eigenvalue weighted by Crippen LogP contribution is 2.12. The zero-order chi connectivity index (χ0) is 9.97. The van der Waals surface area contributed by atoms with Crippen LogP contribution in [0.1, 0.15) is 12.6 Å². The molecule has 2 rings (SSSR count). The molecule has 2 aromatic heterocycles. The molecule has 0 radical (unpaired) electrons. The maximum Gasteiger partial charge on any atom is 0.311 e. The number of ether oxygens (including phenoxy) is 1. The molecule has 0 saturated carbocycles. The van der Waals surface area contributed by atoms with Crippen molar-refractivity contribution in [3.8, 4) is 0 Å². The fraction of sp³-hybridized carbons (Fsp3) is 0.429. The van der Waals surface area contributed by atoms with Crippen LogP contribution in [0.3, 0.4) is 0 Å². The third-order valence-corrected chi connectivity index (χ3v) is 2.50.